The molecule has 1 aromatic heterocycles. The van der Waals surface area contributed by atoms with Crippen molar-refractivity contribution in [1.82, 2.24) is 19.8 Å². The van der Waals surface area contributed by atoms with Gasteiger partial charge in [-0.2, -0.15) is 9.97 Å². The summed E-state index contributed by atoms with van der Waals surface area (Å²) in [5.41, 5.74) is 2.61. The molecule has 4 heterocycles. The molecule has 234 valence electrons. The van der Waals surface area contributed by atoms with Crippen molar-refractivity contribution >= 4 is 22.6 Å². The number of halogens is 3. The molecular formula is C34H40F3N5O2. The lowest BCUT2D eigenvalue weighted by molar-refractivity contribution is -0.136. The van der Waals surface area contributed by atoms with Gasteiger partial charge < -0.3 is 14.5 Å². The van der Waals surface area contributed by atoms with Gasteiger partial charge in [-0.3, -0.25) is 9.69 Å². The molecular weight excluding hydrogens is 567 g/mol. The van der Waals surface area contributed by atoms with Gasteiger partial charge in [0.1, 0.15) is 23.8 Å². The van der Waals surface area contributed by atoms with Crippen molar-refractivity contribution < 1.29 is 22.7 Å². The molecule has 0 bridgehead atoms. The van der Waals surface area contributed by atoms with Gasteiger partial charge in [0, 0.05) is 31.1 Å². The highest BCUT2D eigenvalue weighted by Gasteiger charge is 2.45. The normalized spacial score (nSPS) is 22.2. The van der Waals surface area contributed by atoms with Gasteiger partial charge in [-0.25, -0.2) is 13.2 Å². The van der Waals surface area contributed by atoms with Crippen LogP contribution in [0.5, 0.6) is 6.01 Å². The quantitative estimate of drug-likeness (QED) is 0.350. The van der Waals surface area contributed by atoms with Gasteiger partial charge in [-0.05, 0) is 101 Å². The highest BCUT2D eigenvalue weighted by Crippen LogP contribution is 2.41. The molecule has 3 aromatic rings. The Balaban J connectivity index is 1.32. The van der Waals surface area contributed by atoms with E-state index in [-0.39, 0.29) is 47.1 Å². The Morgan fingerprint density at radius 2 is 1.84 bits per heavy atom. The summed E-state index contributed by atoms with van der Waals surface area (Å²) in [7, 11) is 0. The van der Waals surface area contributed by atoms with E-state index in [9.17, 15) is 9.18 Å². The molecule has 3 fully saturated rings. The SMILES string of the molecule is CC(F)C(=O)N1CCN(c2nc(OCC34CCCN3CCC4)nc3c(F)c(-c4cccc5c4CCCC5)c(F)cc23)[C@@H](C)C1. The maximum absolute atomic E-state index is 16.7. The minimum Gasteiger partial charge on any atom is -0.461 e. The molecule has 0 radical (unpaired) electrons. The van der Waals surface area contributed by atoms with E-state index < -0.39 is 23.7 Å². The van der Waals surface area contributed by atoms with Crippen LogP contribution in [0.25, 0.3) is 22.0 Å². The van der Waals surface area contributed by atoms with Crippen LogP contribution in [0.3, 0.4) is 0 Å². The first kappa shape index (κ1) is 29.3. The fraction of sp³-hybridized carbons (Fsp3) is 0.559. The van der Waals surface area contributed by atoms with Gasteiger partial charge in [-0.1, -0.05) is 18.2 Å². The van der Waals surface area contributed by atoms with Crippen molar-refractivity contribution in [3.63, 3.8) is 0 Å². The van der Waals surface area contributed by atoms with E-state index >= 15 is 8.78 Å². The van der Waals surface area contributed by atoms with Crippen LogP contribution in [0.15, 0.2) is 24.3 Å². The van der Waals surface area contributed by atoms with Crippen molar-refractivity contribution in [3.8, 4) is 17.1 Å². The number of aromatic nitrogens is 2. The van der Waals surface area contributed by atoms with Crippen LogP contribution in [0, 0.1) is 11.6 Å². The van der Waals surface area contributed by atoms with Crippen LogP contribution in [-0.2, 0) is 17.6 Å². The van der Waals surface area contributed by atoms with Crippen molar-refractivity contribution in [3.05, 3.63) is 47.0 Å². The summed E-state index contributed by atoms with van der Waals surface area (Å²) in [4.78, 5) is 27.7. The maximum Gasteiger partial charge on any atom is 0.319 e. The fourth-order valence-corrected chi connectivity index (χ4v) is 8.09. The lowest BCUT2D eigenvalue weighted by Gasteiger charge is -2.41. The number of fused-ring (bicyclic) bond motifs is 3. The highest BCUT2D eigenvalue weighted by atomic mass is 19.1. The van der Waals surface area contributed by atoms with E-state index in [1.54, 1.807) is 6.07 Å². The number of ether oxygens (including phenoxy) is 1. The molecule has 1 amide bonds. The molecule has 0 saturated carbocycles. The van der Waals surface area contributed by atoms with Crippen molar-refractivity contribution in [2.75, 3.05) is 44.2 Å². The minimum atomic E-state index is -1.59. The summed E-state index contributed by atoms with van der Waals surface area (Å²) < 4.78 is 53.0. The molecule has 44 heavy (non-hydrogen) atoms. The van der Waals surface area contributed by atoms with E-state index in [4.69, 9.17) is 9.72 Å². The first-order chi connectivity index (χ1) is 21.3. The molecule has 3 aliphatic heterocycles. The van der Waals surface area contributed by atoms with E-state index in [0.717, 1.165) is 75.6 Å². The summed E-state index contributed by atoms with van der Waals surface area (Å²) >= 11 is 0. The predicted molar refractivity (Wildman–Crippen MR) is 164 cm³/mol. The Hall–Kier alpha value is -3.40. The second kappa shape index (κ2) is 11.5. The molecule has 1 unspecified atom stereocenters. The Morgan fingerprint density at radius 3 is 2.59 bits per heavy atom. The average Bonchev–Trinajstić information content (AvgIpc) is 3.60. The molecule has 3 saturated heterocycles. The average molecular weight is 608 g/mol. The lowest BCUT2D eigenvalue weighted by Crippen LogP contribution is -2.55. The number of anilines is 1. The van der Waals surface area contributed by atoms with Gasteiger partial charge in [0.2, 0.25) is 0 Å². The second-order valence-corrected chi connectivity index (χ2v) is 13.1. The van der Waals surface area contributed by atoms with E-state index in [1.165, 1.54) is 17.9 Å². The Kier molecular flexibility index (Phi) is 7.67. The van der Waals surface area contributed by atoms with Crippen LogP contribution in [0.4, 0.5) is 19.0 Å². The van der Waals surface area contributed by atoms with Gasteiger partial charge in [0.15, 0.2) is 12.0 Å². The van der Waals surface area contributed by atoms with E-state index in [2.05, 4.69) is 9.88 Å². The van der Waals surface area contributed by atoms with Crippen LogP contribution >= 0.6 is 0 Å². The number of alkyl halides is 1. The zero-order valence-electron chi connectivity index (χ0n) is 25.6. The van der Waals surface area contributed by atoms with E-state index in [0.29, 0.717) is 24.5 Å². The number of aryl methyl sites for hydroxylation is 1. The molecule has 7 rings (SSSR count). The van der Waals surface area contributed by atoms with Crippen molar-refractivity contribution in [2.24, 2.45) is 0 Å². The second-order valence-electron chi connectivity index (χ2n) is 13.1. The monoisotopic (exact) mass is 607 g/mol. The standard InChI is InChI=1S/C34H40F3N5O2/c1-21-19-40(32(43)22(2)35)16-17-42(21)31-26-18-27(36)28(25-11-5-9-23-8-3-4-10-24(23)25)29(37)30(26)38-33(39-31)44-20-34-12-6-14-41(34)15-7-13-34/h5,9,11,18,21-22H,3-4,6-8,10,12-17,19-20H2,1-2H3/t21-,22?/m0/s1. The Bertz CT molecular complexity index is 1590. The maximum atomic E-state index is 16.7. The zero-order chi connectivity index (χ0) is 30.6. The molecule has 7 nitrogen and oxygen atoms in total. The van der Waals surface area contributed by atoms with Crippen molar-refractivity contribution in [2.45, 2.75) is 83.0 Å². The number of rotatable bonds is 6. The topological polar surface area (TPSA) is 61.8 Å². The number of carbonyl (C=O) groups excluding carboxylic acids is 1. The Morgan fingerprint density at radius 1 is 1.07 bits per heavy atom. The van der Waals surface area contributed by atoms with Crippen LogP contribution in [0.2, 0.25) is 0 Å². The zero-order valence-corrected chi connectivity index (χ0v) is 25.6. The molecule has 2 aromatic carbocycles. The Labute approximate surface area is 256 Å². The van der Waals surface area contributed by atoms with Crippen LogP contribution in [-0.4, -0.2) is 82.8 Å². The van der Waals surface area contributed by atoms with Crippen LogP contribution < -0.4 is 9.64 Å². The number of piperazine rings is 1. The third-order valence-corrected chi connectivity index (χ3v) is 10.3. The predicted octanol–water partition coefficient (Wildman–Crippen LogP) is 5.86. The summed E-state index contributed by atoms with van der Waals surface area (Å²) in [5, 5.41) is 0.257. The summed E-state index contributed by atoms with van der Waals surface area (Å²) in [5.74, 6) is -1.57. The number of benzene rings is 2. The van der Waals surface area contributed by atoms with Crippen molar-refractivity contribution in [1.29, 1.82) is 0 Å². The molecule has 10 heteroatoms. The first-order valence-electron chi connectivity index (χ1n) is 16.1. The molecule has 1 aliphatic carbocycles. The summed E-state index contributed by atoms with van der Waals surface area (Å²) in [6, 6.07) is 6.85. The highest BCUT2D eigenvalue weighted by molar-refractivity contribution is 5.94. The first-order valence-corrected chi connectivity index (χ1v) is 16.1. The van der Waals surface area contributed by atoms with Crippen LogP contribution in [0.1, 0.15) is 63.5 Å². The molecule has 0 N–H and O–H groups in total. The summed E-state index contributed by atoms with van der Waals surface area (Å²) in [6.45, 7) is 6.52. The molecule has 0 spiro atoms. The van der Waals surface area contributed by atoms with Gasteiger partial charge in [0.25, 0.3) is 5.91 Å². The molecule has 4 aliphatic rings. The number of amides is 1. The number of nitrogens with zero attached hydrogens (tertiary/aromatic N) is 5. The van der Waals surface area contributed by atoms with Gasteiger partial charge >= 0.3 is 6.01 Å². The fourth-order valence-electron chi connectivity index (χ4n) is 8.09. The third kappa shape index (κ3) is 4.99. The summed E-state index contributed by atoms with van der Waals surface area (Å²) in [6.07, 6.45) is 6.44. The third-order valence-electron chi connectivity index (χ3n) is 10.3. The smallest absolute Gasteiger partial charge is 0.319 e. The minimum absolute atomic E-state index is 0.0186. The molecule has 2 atom stereocenters. The van der Waals surface area contributed by atoms with Gasteiger partial charge in [-0.15, -0.1) is 0 Å². The number of carbonyl (C=O) groups is 1. The van der Waals surface area contributed by atoms with E-state index in [1.807, 2.05) is 24.0 Å². The largest absolute Gasteiger partial charge is 0.461 e. The van der Waals surface area contributed by atoms with Gasteiger partial charge in [0.05, 0.1) is 11.1 Å². The number of hydrogen-bond donors (Lipinski definition) is 0. The lowest BCUT2D eigenvalue weighted by atomic mass is 9.85. The number of hydrogen-bond acceptors (Lipinski definition) is 6.